The topological polar surface area (TPSA) is 48.5 Å². The van der Waals surface area contributed by atoms with Crippen LogP contribution in [0.5, 0.6) is 0 Å². The van der Waals surface area contributed by atoms with E-state index in [1.54, 1.807) is 12.4 Å². The van der Waals surface area contributed by atoms with Gasteiger partial charge in [0.05, 0.1) is 5.56 Å². The van der Waals surface area contributed by atoms with Crippen LogP contribution >= 0.6 is 0 Å². The van der Waals surface area contributed by atoms with E-state index in [1.165, 1.54) is 0 Å². The van der Waals surface area contributed by atoms with Gasteiger partial charge >= 0.3 is 0 Å². The number of nitrogens with zero attached hydrogens (tertiary/aromatic N) is 3. The molecule has 1 saturated heterocycles. The number of hydrogen-bond donors (Lipinski definition) is 1. The summed E-state index contributed by atoms with van der Waals surface area (Å²) in [7, 11) is 5.97. The highest BCUT2D eigenvalue weighted by Crippen LogP contribution is 2.20. The highest BCUT2D eigenvalue weighted by molar-refractivity contribution is 5.99. The Morgan fingerprint density at radius 3 is 3.00 bits per heavy atom. The van der Waals surface area contributed by atoms with Crippen LogP contribution in [0.25, 0.3) is 0 Å². The fourth-order valence-corrected chi connectivity index (χ4v) is 2.51. The van der Waals surface area contributed by atoms with E-state index in [0.717, 1.165) is 31.6 Å². The number of nitrogens with one attached hydrogen (secondary N) is 1. The van der Waals surface area contributed by atoms with Crippen LogP contribution in [0.15, 0.2) is 18.5 Å². The van der Waals surface area contributed by atoms with Crippen molar-refractivity contribution in [2.45, 2.75) is 18.9 Å². The summed E-state index contributed by atoms with van der Waals surface area (Å²) in [6.45, 7) is 1.63. The van der Waals surface area contributed by atoms with Crippen LogP contribution in [0.2, 0.25) is 0 Å². The van der Waals surface area contributed by atoms with Crippen LogP contribution < -0.4 is 5.32 Å². The lowest BCUT2D eigenvalue weighted by molar-refractivity contribution is 0.0635. The minimum Gasteiger partial charge on any atom is -0.387 e. The van der Waals surface area contributed by atoms with Crippen molar-refractivity contribution in [1.82, 2.24) is 14.8 Å². The Kier molecular flexibility index (Phi) is 4.37. The van der Waals surface area contributed by atoms with Crippen molar-refractivity contribution >= 4 is 11.6 Å². The predicted octanol–water partition coefficient (Wildman–Crippen LogP) is 1.29. The minimum atomic E-state index is 0.0731. The van der Waals surface area contributed by atoms with E-state index >= 15 is 0 Å². The first kappa shape index (κ1) is 13.8. The number of aromatic nitrogens is 1. The second kappa shape index (κ2) is 6.02. The molecule has 5 nitrogen and oxygen atoms in total. The molecule has 0 bridgehead atoms. The lowest BCUT2D eigenvalue weighted by atomic mass is 10.0. The van der Waals surface area contributed by atoms with Crippen LogP contribution in [0, 0.1) is 0 Å². The molecule has 1 aliphatic heterocycles. The third kappa shape index (κ3) is 3.04. The lowest BCUT2D eigenvalue weighted by Crippen LogP contribution is -2.47. The van der Waals surface area contributed by atoms with Gasteiger partial charge in [-0.1, -0.05) is 0 Å². The highest BCUT2D eigenvalue weighted by atomic mass is 16.2. The number of likely N-dealkylation sites (N-methyl/N-ethyl adjacent to an activating group) is 1. The zero-order valence-corrected chi connectivity index (χ0v) is 11.9. The van der Waals surface area contributed by atoms with Gasteiger partial charge in [-0.2, -0.15) is 0 Å². The van der Waals surface area contributed by atoms with Crippen molar-refractivity contribution in [3.63, 3.8) is 0 Å². The lowest BCUT2D eigenvalue weighted by Gasteiger charge is -2.36. The SMILES string of the molecule is CNc1ccncc1C(=O)N1CCCC(N(C)C)C1. The Morgan fingerprint density at radius 1 is 1.53 bits per heavy atom. The molecule has 0 aliphatic carbocycles. The molecule has 1 aromatic rings. The molecule has 1 aliphatic rings. The Bertz CT molecular complexity index is 447. The molecule has 1 fully saturated rings. The minimum absolute atomic E-state index is 0.0731. The van der Waals surface area contributed by atoms with Crippen molar-refractivity contribution in [3.05, 3.63) is 24.0 Å². The van der Waals surface area contributed by atoms with Crippen LogP contribution in [-0.4, -0.2) is 61.0 Å². The molecule has 5 heteroatoms. The molecule has 1 N–H and O–H groups in total. The molecule has 0 aromatic carbocycles. The van der Waals surface area contributed by atoms with Gasteiger partial charge in [-0.3, -0.25) is 9.78 Å². The zero-order chi connectivity index (χ0) is 13.8. The van der Waals surface area contributed by atoms with Gasteiger partial charge in [-0.15, -0.1) is 0 Å². The average Bonchev–Trinajstić information content (AvgIpc) is 2.46. The standard InChI is InChI=1S/C14H22N4O/c1-15-13-6-7-16-9-12(13)14(19)18-8-4-5-11(10-18)17(2)3/h6-7,9,11H,4-5,8,10H2,1-3H3,(H,15,16). The third-order valence-corrected chi connectivity index (χ3v) is 3.73. The van der Waals surface area contributed by atoms with Crippen molar-refractivity contribution in [3.8, 4) is 0 Å². The number of amides is 1. The maximum atomic E-state index is 12.6. The normalized spacial score (nSPS) is 19.6. The monoisotopic (exact) mass is 262 g/mol. The molecule has 1 aromatic heterocycles. The number of pyridine rings is 1. The number of rotatable bonds is 3. The molecule has 2 rings (SSSR count). The first-order valence-corrected chi connectivity index (χ1v) is 6.71. The number of carbonyl (C=O) groups is 1. The molecule has 0 saturated carbocycles. The average molecular weight is 262 g/mol. The Morgan fingerprint density at radius 2 is 2.32 bits per heavy atom. The summed E-state index contributed by atoms with van der Waals surface area (Å²) in [5, 5.41) is 3.05. The van der Waals surface area contributed by atoms with Crippen LogP contribution in [0.4, 0.5) is 5.69 Å². The molecular weight excluding hydrogens is 240 g/mol. The summed E-state index contributed by atoms with van der Waals surface area (Å²) < 4.78 is 0. The summed E-state index contributed by atoms with van der Waals surface area (Å²) >= 11 is 0. The zero-order valence-electron chi connectivity index (χ0n) is 11.9. The first-order chi connectivity index (χ1) is 9.13. The summed E-state index contributed by atoms with van der Waals surface area (Å²) in [6.07, 6.45) is 5.56. The second-order valence-corrected chi connectivity index (χ2v) is 5.18. The number of piperidine rings is 1. The number of likely N-dealkylation sites (tertiary alicyclic amines) is 1. The van der Waals surface area contributed by atoms with Crippen LogP contribution in [0.1, 0.15) is 23.2 Å². The Hall–Kier alpha value is -1.62. The largest absolute Gasteiger partial charge is 0.387 e. The van der Waals surface area contributed by atoms with E-state index in [-0.39, 0.29) is 5.91 Å². The summed E-state index contributed by atoms with van der Waals surface area (Å²) in [4.78, 5) is 20.8. The Labute approximate surface area is 114 Å². The Balaban J connectivity index is 2.15. The van der Waals surface area contributed by atoms with Gasteiger partial charge in [0.25, 0.3) is 5.91 Å². The van der Waals surface area contributed by atoms with Crippen molar-refractivity contribution in [2.24, 2.45) is 0 Å². The smallest absolute Gasteiger partial charge is 0.257 e. The molecule has 2 heterocycles. The van der Waals surface area contributed by atoms with Crippen molar-refractivity contribution in [1.29, 1.82) is 0 Å². The van der Waals surface area contributed by atoms with Crippen LogP contribution in [0.3, 0.4) is 0 Å². The van der Waals surface area contributed by atoms with E-state index in [9.17, 15) is 4.79 Å². The molecule has 0 spiro atoms. The molecular formula is C14H22N4O. The van der Waals surface area contributed by atoms with E-state index in [4.69, 9.17) is 0 Å². The van der Waals surface area contributed by atoms with Gasteiger partial charge in [-0.05, 0) is 33.0 Å². The molecule has 1 atom stereocenters. The second-order valence-electron chi connectivity index (χ2n) is 5.18. The van der Waals surface area contributed by atoms with E-state index in [2.05, 4.69) is 29.3 Å². The maximum Gasteiger partial charge on any atom is 0.257 e. The fourth-order valence-electron chi connectivity index (χ4n) is 2.51. The number of anilines is 1. The fraction of sp³-hybridized carbons (Fsp3) is 0.571. The van der Waals surface area contributed by atoms with Gasteiger partial charge < -0.3 is 15.1 Å². The van der Waals surface area contributed by atoms with Crippen molar-refractivity contribution < 1.29 is 4.79 Å². The first-order valence-electron chi connectivity index (χ1n) is 6.71. The summed E-state index contributed by atoms with van der Waals surface area (Å²) in [5.41, 5.74) is 1.50. The van der Waals surface area contributed by atoms with Gasteiger partial charge in [0.1, 0.15) is 0 Å². The molecule has 104 valence electrons. The maximum absolute atomic E-state index is 12.6. The van der Waals surface area contributed by atoms with E-state index in [1.807, 2.05) is 18.0 Å². The highest BCUT2D eigenvalue weighted by Gasteiger charge is 2.26. The van der Waals surface area contributed by atoms with Gasteiger partial charge in [0.15, 0.2) is 0 Å². The van der Waals surface area contributed by atoms with E-state index < -0.39 is 0 Å². The third-order valence-electron chi connectivity index (χ3n) is 3.73. The predicted molar refractivity (Wildman–Crippen MR) is 76.4 cm³/mol. The molecule has 1 amide bonds. The summed E-state index contributed by atoms with van der Waals surface area (Å²) in [6, 6.07) is 2.29. The summed E-state index contributed by atoms with van der Waals surface area (Å²) in [5.74, 6) is 0.0731. The number of carbonyl (C=O) groups excluding carboxylic acids is 1. The van der Waals surface area contributed by atoms with Crippen molar-refractivity contribution in [2.75, 3.05) is 39.5 Å². The van der Waals surface area contributed by atoms with Gasteiger partial charge in [0, 0.05) is 44.3 Å². The quantitative estimate of drug-likeness (QED) is 0.891. The van der Waals surface area contributed by atoms with Gasteiger partial charge in [0.2, 0.25) is 0 Å². The van der Waals surface area contributed by atoms with Crippen LogP contribution in [-0.2, 0) is 0 Å². The molecule has 19 heavy (non-hydrogen) atoms. The van der Waals surface area contributed by atoms with E-state index in [0.29, 0.717) is 11.6 Å². The molecule has 0 radical (unpaired) electrons. The molecule has 1 unspecified atom stereocenters. The van der Waals surface area contributed by atoms with Gasteiger partial charge in [-0.25, -0.2) is 0 Å². The number of hydrogen-bond acceptors (Lipinski definition) is 4.